The predicted octanol–water partition coefficient (Wildman–Crippen LogP) is 3.29. The molecule has 0 spiro atoms. The number of carbonyl (C=O) groups is 1. The molecular formula is C16H17ClFNO3. The lowest BCUT2D eigenvalue weighted by molar-refractivity contribution is -0.131. The fourth-order valence-electron chi connectivity index (χ4n) is 2.06. The SMILES string of the molecule is COCCN(Cc1ccoc1)C(=O)Cc1c(F)cccc1Cl. The molecule has 1 aromatic carbocycles. The summed E-state index contributed by atoms with van der Waals surface area (Å²) < 4.78 is 23.8. The summed E-state index contributed by atoms with van der Waals surface area (Å²) in [6, 6.07) is 6.16. The summed E-state index contributed by atoms with van der Waals surface area (Å²) in [7, 11) is 1.56. The number of carbonyl (C=O) groups excluding carboxylic acids is 1. The van der Waals surface area contributed by atoms with Gasteiger partial charge in [0.25, 0.3) is 0 Å². The van der Waals surface area contributed by atoms with Gasteiger partial charge in [0.05, 0.1) is 25.6 Å². The van der Waals surface area contributed by atoms with E-state index in [2.05, 4.69) is 0 Å². The summed E-state index contributed by atoms with van der Waals surface area (Å²) in [5, 5.41) is 0.253. The van der Waals surface area contributed by atoms with Gasteiger partial charge in [-0.2, -0.15) is 0 Å². The van der Waals surface area contributed by atoms with E-state index in [-0.39, 0.29) is 22.9 Å². The van der Waals surface area contributed by atoms with Gasteiger partial charge in [-0.05, 0) is 18.2 Å². The lowest BCUT2D eigenvalue weighted by atomic mass is 10.1. The van der Waals surface area contributed by atoms with Crippen molar-refractivity contribution in [1.82, 2.24) is 4.90 Å². The zero-order valence-corrected chi connectivity index (χ0v) is 13.0. The number of hydrogen-bond donors (Lipinski definition) is 0. The second-order valence-corrected chi connectivity index (χ2v) is 5.22. The van der Waals surface area contributed by atoms with Crippen LogP contribution >= 0.6 is 11.6 Å². The molecule has 118 valence electrons. The molecule has 0 aliphatic rings. The number of hydrogen-bond acceptors (Lipinski definition) is 3. The van der Waals surface area contributed by atoms with E-state index in [9.17, 15) is 9.18 Å². The fraction of sp³-hybridized carbons (Fsp3) is 0.312. The highest BCUT2D eigenvalue weighted by Crippen LogP contribution is 2.20. The van der Waals surface area contributed by atoms with Crippen molar-refractivity contribution in [3.05, 3.63) is 58.8 Å². The van der Waals surface area contributed by atoms with Gasteiger partial charge in [-0.15, -0.1) is 0 Å². The Balaban J connectivity index is 2.11. The first kappa shape index (κ1) is 16.5. The lowest BCUT2D eigenvalue weighted by Gasteiger charge is -2.22. The Bertz CT molecular complexity index is 596. The largest absolute Gasteiger partial charge is 0.472 e. The molecule has 0 N–H and O–H groups in total. The molecule has 1 heterocycles. The van der Waals surface area contributed by atoms with Crippen molar-refractivity contribution in [2.24, 2.45) is 0 Å². The minimum Gasteiger partial charge on any atom is -0.472 e. The molecule has 22 heavy (non-hydrogen) atoms. The molecule has 0 fully saturated rings. The van der Waals surface area contributed by atoms with Crippen molar-refractivity contribution in [1.29, 1.82) is 0 Å². The number of benzene rings is 1. The van der Waals surface area contributed by atoms with E-state index in [0.29, 0.717) is 19.7 Å². The molecule has 4 nitrogen and oxygen atoms in total. The number of furan rings is 1. The van der Waals surface area contributed by atoms with Crippen molar-refractivity contribution in [2.45, 2.75) is 13.0 Å². The van der Waals surface area contributed by atoms with Gasteiger partial charge in [0.15, 0.2) is 0 Å². The topological polar surface area (TPSA) is 42.7 Å². The zero-order chi connectivity index (χ0) is 15.9. The minimum atomic E-state index is -0.476. The van der Waals surface area contributed by atoms with Crippen LogP contribution in [0.4, 0.5) is 4.39 Å². The first-order valence-electron chi connectivity index (χ1n) is 6.82. The van der Waals surface area contributed by atoms with Crippen LogP contribution in [0, 0.1) is 5.82 Å². The van der Waals surface area contributed by atoms with E-state index in [1.807, 2.05) is 0 Å². The number of rotatable bonds is 7. The van der Waals surface area contributed by atoms with Crippen LogP contribution in [0.1, 0.15) is 11.1 Å². The minimum absolute atomic E-state index is 0.0902. The van der Waals surface area contributed by atoms with E-state index < -0.39 is 5.82 Å². The molecule has 0 unspecified atom stereocenters. The average Bonchev–Trinajstić information content (AvgIpc) is 3.00. The van der Waals surface area contributed by atoms with E-state index in [1.54, 1.807) is 36.7 Å². The maximum absolute atomic E-state index is 13.8. The third-order valence-corrected chi connectivity index (χ3v) is 3.62. The molecule has 0 atom stereocenters. The number of halogens is 2. The first-order chi connectivity index (χ1) is 10.6. The van der Waals surface area contributed by atoms with E-state index in [0.717, 1.165) is 5.56 Å². The van der Waals surface area contributed by atoms with Gasteiger partial charge in [-0.1, -0.05) is 17.7 Å². The summed E-state index contributed by atoms with van der Waals surface area (Å²) in [5.74, 6) is -0.693. The fourth-order valence-corrected chi connectivity index (χ4v) is 2.29. The Kier molecular flexibility index (Phi) is 5.98. The molecule has 2 aromatic rings. The van der Waals surface area contributed by atoms with Crippen LogP contribution in [0.3, 0.4) is 0 Å². The summed E-state index contributed by atoms with van der Waals surface area (Å²) in [6.07, 6.45) is 3.03. The standard InChI is InChI=1S/C16H17ClFNO3/c1-21-8-6-19(10-12-5-7-22-11-12)16(20)9-13-14(17)3-2-4-15(13)18/h2-5,7,11H,6,8-10H2,1H3. The quantitative estimate of drug-likeness (QED) is 0.784. The number of amides is 1. The van der Waals surface area contributed by atoms with E-state index in [4.69, 9.17) is 20.8 Å². The van der Waals surface area contributed by atoms with Crippen molar-refractivity contribution >= 4 is 17.5 Å². The normalized spacial score (nSPS) is 10.7. The Morgan fingerprint density at radius 1 is 1.41 bits per heavy atom. The van der Waals surface area contributed by atoms with E-state index >= 15 is 0 Å². The van der Waals surface area contributed by atoms with Crippen molar-refractivity contribution < 1.29 is 18.3 Å². The monoisotopic (exact) mass is 325 g/mol. The second-order valence-electron chi connectivity index (χ2n) is 4.82. The van der Waals surface area contributed by atoms with Crippen molar-refractivity contribution in [2.75, 3.05) is 20.3 Å². The molecule has 2 rings (SSSR count). The zero-order valence-electron chi connectivity index (χ0n) is 12.2. The maximum atomic E-state index is 13.8. The second kappa shape index (κ2) is 7.96. The third-order valence-electron chi connectivity index (χ3n) is 3.26. The smallest absolute Gasteiger partial charge is 0.227 e. The Hall–Kier alpha value is -1.85. The van der Waals surface area contributed by atoms with Crippen LogP contribution in [0.2, 0.25) is 5.02 Å². The summed E-state index contributed by atoms with van der Waals surface area (Å²) >= 11 is 5.97. The van der Waals surface area contributed by atoms with Gasteiger partial charge in [0, 0.05) is 36.3 Å². The van der Waals surface area contributed by atoms with Crippen LogP contribution in [0.5, 0.6) is 0 Å². The molecule has 0 bridgehead atoms. The average molecular weight is 326 g/mol. The number of ether oxygens (including phenoxy) is 1. The highest BCUT2D eigenvalue weighted by molar-refractivity contribution is 6.31. The molecule has 0 aliphatic carbocycles. The summed E-state index contributed by atoms with van der Waals surface area (Å²) in [4.78, 5) is 14.1. The molecule has 0 saturated carbocycles. The molecule has 1 aromatic heterocycles. The molecule has 0 saturated heterocycles. The number of methoxy groups -OCH3 is 1. The van der Waals surface area contributed by atoms with Crippen molar-refractivity contribution in [3.8, 4) is 0 Å². The van der Waals surface area contributed by atoms with Gasteiger partial charge in [-0.3, -0.25) is 4.79 Å². The summed E-state index contributed by atoms with van der Waals surface area (Å²) in [5.41, 5.74) is 1.08. The van der Waals surface area contributed by atoms with Crippen LogP contribution in [0.15, 0.2) is 41.2 Å². The van der Waals surface area contributed by atoms with E-state index in [1.165, 1.54) is 12.1 Å². The van der Waals surface area contributed by atoms with Gasteiger partial charge in [-0.25, -0.2) is 4.39 Å². The van der Waals surface area contributed by atoms with Crippen LogP contribution < -0.4 is 0 Å². The molecule has 0 aliphatic heterocycles. The number of nitrogens with zero attached hydrogens (tertiary/aromatic N) is 1. The molecule has 0 radical (unpaired) electrons. The predicted molar refractivity (Wildman–Crippen MR) is 81.1 cm³/mol. The molecule has 6 heteroatoms. The van der Waals surface area contributed by atoms with Gasteiger partial charge >= 0.3 is 0 Å². The lowest BCUT2D eigenvalue weighted by Crippen LogP contribution is -2.34. The van der Waals surface area contributed by atoms with Gasteiger partial charge in [0.1, 0.15) is 5.82 Å². The van der Waals surface area contributed by atoms with Gasteiger partial charge in [0.2, 0.25) is 5.91 Å². The molecule has 1 amide bonds. The maximum Gasteiger partial charge on any atom is 0.227 e. The highest BCUT2D eigenvalue weighted by Gasteiger charge is 2.18. The highest BCUT2D eigenvalue weighted by atomic mass is 35.5. The van der Waals surface area contributed by atoms with Crippen LogP contribution in [-0.4, -0.2) is 31.1 Å². The van der Waals surface area contributed by atoms with Gasteiger partial charge < -0.3 is 14.1 Å². The third kappa shape index (κ3) is 4.32. The Morgan fingerprint density at radius 3 is 2.86 bits per heavy atom. The first-order valence-corrected chi connectivity index (χ1v) is 7.20. The van der Waals surface area contributed by atoms with Crippen LogP contribution in [-0.2, 0) is 22.5 Å². The summed E-state index contributed by atoms with van der Waals surface area (Å²) in [6.45, 7) is 1.19. The Morgan fingerprint density at radius 2 is 2.23 bits per heavy atom. The van der Waals surface area contributed by atoms with Crippen molar-refractivity contribution in [3.63, 3.8) is 0 Å². The molecular weight excluding hydrogens is 309 g/mol. The van der Waals surface area contributed by atoms with Crippen LogP contribution in [0.25, 0.3) is 0 Å². The Labute approximate surface area is 133 Å².